The molecule has 0 unspecified atom stereocenters. The number of amides is 2. The van der Waals surface area contributed by atoms with Crippen LogP contribution in [0.5, 0.6) is 0 Å². The standard InChI is InChI=1S/C14H30N2O3Si/c1-10(2)12(13(18)16-14(3,4)5)15-11(17)8-7-9-19-20-6/h10,12H,7-9,20H2,1-6H3,(H,15,17)(H,16,18)/t12-/m0/s1. The van der Waals surface area contributed by atoms with Crippen LogP contribution in [0.15, 0.2) is 0 Å². The van der Waals surface area contributed by atoms with Crippen LogP contribution in [-0.4, -0.2) is 39.8 Å². The fourth-order valence-electron chi connectivity index (χ4n) is 1.71. The first-order chi connectivity index (χ1) is 9.17. The summed E-state index contributed by atoms with van der Waals surface area (Å²) in [4.78, 5) is 24.0. The van der Waals surface area contributed by atoms with Crippen molar-refractivity contribution in [1.82, 2.24) is 10.6 Å². The van der Waals surface area contributed by atoms with Crippen molar-refractivity contribution < 1.29 is 14.0 Å². The Morgan fingerprint density at radius 2 is 1.85 bits per heavy atom. The van der Waals surface area contributed by atoms with E-state index in [4.69, 9.17) is 4.43 Å². The zero-order valence-electron chi connectivity index (χ0n) is 13.7. The van der Waals surface area contributed by atoms with Gasteiger partial charge in [-0.3, -0.25) is 9.59 Å². The Hall–Kier alpha value is -0.883. The minimum atomic E-state index is -0.483. The van der Waals surface area contributed by atoms with E-state index in [0.29, 0.717) is 19.4 Å². The molecule has 0 bridgehead atoms. The highest BCUT2D eigenvalue weighted by Gasteiger charge is 2.26. The highest BCUT2D eigenvalue weighted by molar-refractivity contribution is 6.24. The smallest absolute Gasteiger partial charge is 0.243 e. The van der Waals surface area contributed by atoms with Crippen molar-refractivity contribution in [2.45, 2.75) is 65.6 Å². The van der Waals surface area contributed by atoms with Gasteiger partial charge in [0.2, 0.25) is 11.8 Å². The maximum Gasteiger partial charge on any atom is 0.243 e. The quantitative estimate of drug-likeness (QED) is 0.518. The molecule has 0 aromatic heterocycles. The van der Waals surface area contributed by atoms with Crippen LogP contribution in [0.1, 0.15) is 47.5 Å². The molecule has 2 N–H and O–H groups in total. The van der Waals surface area contributed by atoms with Gasteiger partial charge in [0.15, 0.2) is 9.76 Å². The van der Waals surface area contributed by atoms with Crippen molar-refractivity contribution in [2.75, 3.05) is 6.61 Å². The van der Waals surface area contributed by atoms with Crippen LogP contribution in [0.3, 0.4) is 0 Å². The van der Waals surface area contributed by atoms with Gasteiger partial charge in [-0.25, -0.2) is 0 Å². The fraction of sp³-hybridized carbons (Fsp3) is 0.857. The van der Waals surface area contributed by atoms with Crippen molar-refractivity contribution >= 4 is 21.6 Å². The first kappa shape index (κ1) is 19.1. The second-order valence-electron chi connectivity index (χ2n) is 6.33. The van der Waals surface area contributed by atoms with Gasteiger partial charge in [-0.15, -0.1) is 0 Å². The van der Waals surface area contributed by atoms with Gasteiger partial charge in [-0.1, -0.05) is 20.4 Å². The third-order valence-corrected chi connectivity index (χ3v) is 3.36. The summed E-state index contributed by atoms with van der Waals surface area (Å²) >= 11 is 0. The molecule has 0 saturated heterocycles. The average molecular weight is 302 g/mol. The van der Waals surface area contributed by atoms with Crippen molar-refractivity contribution in [3.8, 4) is 0 Å². The van der Waals surface area contributed by atoms with Crippen LogP contribution in [0.4, 0.5) is 0 Å². The Balaban J connectivity index is 4.33. The van der Waals surface area contributed by atoms with Crippen LogP contribution in [0.2, 0.25) is 6.55 Å². The molecule has 0 saturated carbocycles. The third kappa shape index (κ3) is 9.09. The van der Waals surface area contributed by atoms with Crippen LogP contribution >= 0.6 is 0 Å². The van der Waals surface area contributed by atoms with Gasteiger partial charge < -0.3 is 15.1 Å². The van der Waals surface area contributed by atoms with Crippen LogP contribution in [-0.2, 0) is 14.0 Å². The summed E-state index contributed by atoms with van der Waals surface area (Å²) in [6, 6.07) is -0.483. The minimum Gasteiger partial charge on any atom is -0.424 e. The summed E-state index contributed by atoms with van der Waals surface area (Å²) in [5, 5.41) is 5.73. The second-order valence-corrected chi connectivity index (χ2v) is 7.31. The van der Waals surface area contributed by atoms with E-state index in [1.165, 1.54) is 0 Å². The van der Waals surface area contributed by atoms with Gasteiger partial charge in [0.25, 0.3) is 0 Å². The van der Waals surface area contributed by atoms with Crippen molar-refractivity contribution in [2.24, 2.45) is 5.92 Å². The Morgan fingerprint density at radius 3 is 2.30 bits per heavy atom. The lowest BCUT2D eigenvalue weighted by Crippen LogP contribution is -2.54. The van der Waals surface area contributed by atoms with Crippen molar-refractivity contribution in [3.05, 3.63) is 0 Å². The molecule has 0 aromatic carbocycles. The largest absolute Gasteiger partial charge is 0.424 e. The van der Waals surface area contributed by atoms with Gasteiger partial charge in [0.05, 0.1) is 0 Å². The van der Waals surface area contributed by atoms with Crippen LogP contribution in [0.25, 0.3) is 0 Å². The number of carbonyl (C=O) groups excluding carboxylic acids is 2. The van der Waals surface area contributed by atoms with E-state index in [2.05, 4.69) is 17.2 Å². The lowest BCUT2D eigenvalue weighted by Gasteiger charge is -2.27. The highest BCUT2D eigenvalue weighted by Crippen LogP contribution is 2.06. The Labute approximate surface area is 125 Å². The zero-order valence-corrected chi connectivity index (χ0v) is 15.1. The molecule has 0 aliphatic rings. The first-order valence-corrected chi connectivity index (χ1v) is 9.35. The molecular formula is C14H30N2O3Si. The molecule has 0 aliphatic heterocycles. The Kier molecular flexibility index (Phi) is 8.72. The zero-order chi connectivity index (χ0) is 15.8. The molecule has 5 nitrogen and oxygen atoms in total. The van der Waals surface area contributed by atoms with E-state index in [1.54, 1.807) is 0 Å². The molecular weight excluding hydrogens is 272 g/mol. The predicted octanol–water partition coefficient (Wildman–Crippen LogP) is 0.971. The van der Waals surface area contributed by atoms with Gasteiger partial charge in [-0.2, -0.15) is 0 Å². The first-order valence-electron chi connectivity index (χ1n) is 7.36. The number of hydrogen-bond donors (Lipinski definition) is 2. The maximum atomic E-state index is 12.2. The second kappa shape index (κ2) is 9.13. The van der Waals surface area contributed by atoms with Gasteiger partial charge in [-0.05, 0) is 33.1 Å². The Bertz CT molecular complexity index is 314. The van der Waals surface area contributed by atoms with Crippen LogP contribution < -0.4 is 10.6 Å². The monoisotopic (exact) mass is 302 g/mol. The molecule has 0 rings (SSSR count). The molecule has 0 heterocycles. The van der Waals surface area contributed by atoms with Crippen molar-refractivity contribution in [3.63, 3.8) is 0 Å². The lowest BCUT2D eigenvalue weighted by molar-refractivity contribution is -0.131. The normalized spacial score (nSPS) is 13.8. The molecule has 1 atom stereocenters. The Morgan fingerprint density at radius 1 is 1.25 bits per heavy atom. The number of nitrogens with one attached hydrogen (secondary N) is 2. The summed E-state index contributed by atoms with van der Waals surface area (Å²) in [5.41, 5.74) is -0.297. The SMILES string of the molecule is C[SiH2]OCCCC(=O)N[C@H](C(=O)NC(C)(C)C)C(C)C. The molecule has 0 spiro atoms. The highest BCUT2D eigenvalue weighted by atomic mass is 28.2. The molecule has 2 amide bonds. The summed E-state index contributed by atoms with van der Waals surface area (Å²) in [7, 11) is -0.394. The van der Waals surface area contributed by atoms with Gasteiger partial charge >= 0.3 is 0 Å². The molecule has 20 heavy (non-hydrogen) atoms. The lowest BCUT2D eigenvalue weighted by atomic mass is 10.0. The minimum absolute atomic E-state index is 0.0561. The van der Waals surface area contributed by atoms with Crippen molar-refractivity contribution in [1.29, 1.82) is 0 Å². The number of carbonyl (C=O) groups is 2. The third-order valence-electron chi connectivity index (χ3n) is 2.66. The molecule has 0 aliphatic carbocycles. The van der Waals surface area contributed by atoms with E-state index < -0.39 is 15.8 Å². The van der Waals surface area contributed by atoms with Crippen LogP contribution in [0, 0.1) is 5.92 Å². The fourth-order valence-corrected chi connectivity index (χ4v) is 2.20. The summed E-state index contributed by atoms with van der Waals surface area (Å²) in [5.74, 6) is -0.159. The van der Waals surface area contributed by atoms with E-state index >= 15 is 0 Å². The summed E-state index contributed by atoms with van der Waals surface area (Å²) in [6.07, 6.45) is 1.11. The molecule has 0 fully saturated rings. The summed E-state index contributed by atoms with van der Waals surface area (Å²) < 4.78 is 5.33. The van der Waals surface area contributed by atoms with E-state index in [9.17, 15) is 9.59 Å². The van der Waals surface area contributed by atoms with E-state index in [0.717, 1.165) is 0 Å². The van der Waals surface area contributed by atoms with Gasteiger partial charge in [0, 0.05) is 18.6 Å². The average Bonchev–Trinajstić information content (AvgIpc) is 2.29. The number of hydrogen-bond acceptors (Lipinski definition) is 3. The van der Waals surface area contributed by atoms with E-state index in [1.807, 2.05) is 34.6 Å². The predicted molar refractivity (Wildman–Crippen MR) is 84.3 cm³/mol. The molecule has 0 aromatic rings. The molecule has 0 radical (unpaired) electrons. The molecule has 118 valence electrons. The maximum absolute atomic E-state index is 12.2. The van der Waals surface area contributed by atoms with E-state index in [-0.39, 0.29) is 23.3 Å². The topological polar surface area (TPSA) is 67.4 Å². The molecule has 6 heteroatoms. The van der Waals surface area contributed by atoms with Gasteiger partial charge in [0.1, 0.15) is 6.04 Å². The summed E-state index contributed by atoms with van der Waals surface area (Å²) in [6.45, 7) is 12.3. The number of rotatable bonds is 8.